The zero-order valence-corrected chi connectivity index (χ0v) is 7.49. The third-order valence-corrected chi connectivity index (χ3v) is 3.25. The first-order valence-corrected chi connectivity index (χ1v) is 4.64. The van der Waals surface area contributed by atoms with E-state index in [4.69, 9.17) is 10.2 Å². The number of hydrogen-bond acceptors (Lipinski definition) is 3. The van der Waals surface area contributed by atoms with Crippen molar-refractivity contribution in [2.24, 2.45) is 11.3 Å². The van der Waals surface area contributed by atoms with Gasteiger partial charge in [-0.15, -0.1) is 0 Å². The minimum atomic E-state index is -0.350. The lowest BCUT2D eigenvalue weighted by Gasteiger charge is -2.23. The second-order valence-corrected chi connectivity index (χ2v) is 4.28. The number of fused-ring (bicyclic) bond motifs is 1. The Morgan fingerprint density at radius 1 is 1.46 bits per heavy atom. The molecule has 2 aliphatic carbocycles. The van der Waals surface area contributed by atoms with Crippen molar-refractivity contribution in [1.29, 1.82) is 0 Å². The largest absolute Gasteiger partial charge is 0.396 e. The van der Waals surface area contributed by atoms with Gasteiger partial charge in [0.25, 0.3) is 0 Å². The van der Waals surface area contributed by atoms with Gasteiger partial charge < -0.3 is 10.2 Å². The van der Waals surface area contributed by atoms with E-state index in [1.165, 1.54) is 0 Å². The molecule has 0 aromatic rings. The SMILES string of the molecule is O=C1C=C2CC(CO)(CO)CC2C1. The molecule has 72 valence electrons. The summed E-state index contributed by atoms with van der Waals surface area (Å²) < 4.78 is 0. The molecule has 1 atom stereocenters. The molecule has 3 heteroatoms. The first kappa shape index (κ1) is 8.91. The number of ketones is 1. The van der Waals surface area contributed by atoms with Crippen molar-refractivity contribution >= 4 is 5.78 Å². The molecule has 2 N–H and O–H groups in total. The van der Waals surface area contributed by atoms with Gasteiger partial charge >= 0.3 is 0 Å². The fraction of sp³-hybridized carbons (Fsp3) is 0.700. The molecule has 1 unspecified atom stereocenters. The Hall–Kier alpha value is -0.670. The van der Waals surface area contributed by atoms with Crippen LogP contribution in [0.3, 0.4) is 0 Å². The number of aliphatic hydroxyl groups is 2. The lowest BCUT2D eigenvalue weighted by Crippen LogP contribution is -2.27. The summed E-state index contributed by atoms with van der Waals surface area (Å²) in [5.74, 6) is 0.497. The molecule has 0 bridgehead atoms. The molecular weight excluding hydrogens is 168 g/mol. The molecule has 3 nitrogen and oxygen atoms in total. The Morgan fingerprint density at radius 2 is 2.15 bits per heavy atom. The maximum atomic E-state index is 11.0. The first-order valence-electron chi connectivity index (χ1n) is 4.64. The summed E-state index contributed by atoms with van der Waals surface area (Å²) in [7, 11) is 0. The van der Waals surface area contributed by atoms with E-state index in [9.17, 15) is 4.79 Å². The molecule has 0 spiro atoms. The molecule has 1 fully saturated rings. The second kappa shape index (κ2) is 2.93. The van der Waals surface area contributed by atoms with Crippen LogP contribution < -0.4 is 0 Å². The van der Waals surface area contributed by atoms with E-state index >= 15 is 0 Å². The molecule has 0 aliphatic heterocycles. The van der Waals surface area contributed by atoms with Gasteiger partial charge in [-0.3, -0.25) is 4.79 Å². The van der Waals surface area contributed by atoms with Crippen LogP contribution in [-0.2, 0) is 4.79 Å². The fourth-order valence-electron chi connectivity index (χ4n) is 2.47. The van der Waals surface area contributed by atoms with Crippen molar-refractivity contribution in [2.75, 3.05) is 13.2 Å². The zero-order valence-electron chi connectivity index (χ0n) is 7.49. The summed E-state index contributed by atoms with van der Waals surface area (Å²) in [6, 6.07) is 0. The van der Waals surface area contributed by atoms with Crippen LogP contribution >= 0.6 is 0 Å². The zero-order chi connectivity index (χ0) is 9.47. The van der Waals surface area contributed by atoms with Gasteiger partial charge in [-0.2, -0.15) is 0 Å². The predicted octanol–water partition coefficient (Wildman–Crippen LogP) is 0.267. The highest BCUT2D eigenvalue weighted by Gasteiger charge is 2.44. The van der Waals surface area contributed by atoms with E-state index < -0.39 is 0 Å². The Labute approximate surface area is 77.1 Å². The van der Waals surface area contributed by atoms with Crippen LogP contribution in [0.15, 0.2) is 11.6 Å². The quantitative estimate of drug-likeness (QED) is 0.644. The van der Waals surface area contributed by atoms with Crippen LogP contribution in [0.25, 0.3) is 0 Å². The number of aliphatic hydroxyl groups excluding tert-OH is 2. The Balaban J connectivity index is 2.18. The van der Waals surface area contributed by atoms with E-state index in [2.05, 4.69) is 0 Å². The number of rotatable bonds is 2. The molecule has 0 heterocycles. The molecule has 0 aromatic carbocycles. The van der Waals surface area contributed by atoms with E-state index in [1.54, 1.807) is 6.08 Å². The number of allylic oxidation sites excluding steroid dienone is 2. The van der Waals surface area contributed by atoms with E-state index in [0.29, 0.717) is 18.8 Å². The van der Waals surface area contributed by atoms with Gasteiger partial charge in [-0.05, 0) is 24.8 Å². The Bertz CT molecular complexity index is 263. The smallest absolute Gasteiger partial charge is 0.156 e. The fourth-order valence-corrected chi connectivity index (χ4v) is 2.47. The molecule has 1 saturated carbocycles. The summed E-state index contributed by atoms with van der Waals surface area (Å²) in [5.41, 5.74) is 0.783. The van der Waals surface area contributed by atoms with Crippen molar-refractivity contribution in [3.63, 3.8) is 0 Å². The van der Waals surface area contributed by atoms with Crippen molar-refractivity contribution in [3.8, 4) is 0 Å². The van der Waals surface area contributed by atoms with E-state index in [0.717, 1.165) is 12.0 Å². The lowest BCUT2D eigenvalue weighted by molar-refractivity contribution is -0.114. The van der Waals surface area contributed by atoms with Crippen LogP contribution in [0.4, 0.5) is 0 Å². The summed E-state index contributed by atoms with van der Waals surface area (Å²) >= 11 is 0. The molecule has 13 heavy (non-hydrogen) atoms. The minimum absolute atomic E-state index is 0.0194. The van der Waals surface area contributed by atoms with Gasteiger partial charge in [0.05, 0.1) is 13.2 Å². The monoisotopic (exact) mass is 182 g/mol. The van der Waals surface area contributed by atoms with Gasteiger partial charge in [0.2, 0.25) is 0 Å². The molecule has 0 radical (unpaired) electrons. The van der Waals surface area contributed by atoms with Crippen LogP contribution in [0.5, 0.6) is 0 Å². The van der Waals surface area contributed by atoms with Gasteiger partial charge in [0.15, 0.2) is 5.78 Å². The van der Waals surface area contributed by atoms with Gasteiger partial charge in [0.1, 0.15) is 0 Å². The van der Waals surface area contributed by atoms with Gasteiger partial charge in [0, 0.05) is 11.8 Å². The lowest BCUT2D eigenvalue weighted by atomic mass is 9.86. The van der Waals surface area contributed by atoms with Crippen molar-refractivity contribution < 1.29 is 15.0 Å². The third kappa shape index (κ3) is 1.32. The van der Waals surface area contributed by atoms with Crippen LogP contribution in [0.1, 0.15) is 19.3 Å². The maximum absolute atomic E-state index is 11.0. The topological polar surface area (TPSA) is 57.5 Å². The highest BCUT2D eigenvalue weighted by Crippen LogP contribution is 2.48. The second-order valence-electron chi connectivity index (χ2n) is 4.28. The highest BCUT2D eigenvalue weighted by atomic mass is 16.3. The number of hydrogen-bond donors (Lipinski definition) is 2. The summed E-state index contributed by atoms with van der Waals surface area (Å²) in [6.45, 7) is 0.0388. The summed E-state index contributed by atoms with van der Waals surface area (Å²) in [4.78, 5) is 11.0. The van der Waals surface area contributed by atoms with Crippen molar-refractivity contribution in [2.45, 2.75) is 19.3 Å². The average molecular weight is 182 g/mol. The standard InChI is InChI=1S/C10H14O3/c11-5-10(6-12)3-7-1-9(13)2-8(7)4-10/h1,8,11-12H,2-6H2. The summed E-state index contributed by atoms with van der Waals surface area (Å²) in [6.07, 6.45) is 3.72. The average Bonchev–Trinajstić information content (AvgIpc) is 2.59. The van der Waals surface area contributed by atoms with Gasteiger partial charge in [-0.25, -0.2) is 0 Å². The summed E-state index contributed by atoms with van der Waals surface area (Å²) in [5, 5.41) is 18.3. The molecule has 0 saturated heterocycles. The molecule has 0 aromatic heterocycles. The molecular formula is C10H14O3. The predicted molar refractivity (Wildman–Crippen MR) is 47.0 cm³/mol. The van der Waals surface area contributed by atoms with Crippen molar-refractivity contribution in [3.05, 3.63) is 11.6 Å². The molecule has 0 amide bonds. The highest BCUT2D eigenvalue weighted by molar-refractivity contribution is 5.93. The normalized spacial score (nSPS) is 30.5. The van der Waals surface area contributed by atoms with Crippen LogP contribution in [-0.4, -0.2) is 29.2 Å². The van der Waals surface area contributed by atoms with Crippen molar-refractivity contribution in [1.82, 2.24) is 0 Å². The van der Waals surface area contributed by atoms with E-state index in [-0.39, 0.29) is 24.4 Å². The van der Waals surface area contributed by atoms with Crippen LogP contribution in [0.2, 0.25) is 0 Å². The first-order chi connectivity index (χ1) is 6.19. The van der Waals surface area contributed by atoms with Crippen LogP contribution in [0, 0.1) is 11.3 Å². The Morgan fingerprint density at radius 3 is 2.69 bits per heavy atom. The molecule has 2 rings (SSSR count). The third-order valence-electron chi connectivity index (χ3n) is 3.25. The van der Waals surface area contributed by atoms with Gasteiger partial charge in [-0.1, -0.05) is 5.57 Å². The number of carbonyl (C=O) groups is 1. The Kier molecular flexibility index (Phi) is 2.00. The number of carbonyl (C=O) groups excluding carboxylic acids is 1. The van der Waals surface area contributed by atoms with E-state index in [1.807, 2.05) is 0 Å². The maximum Gasteiger partial charge on any atom is 0.156 e. The molecule has 2 aliphatic rings. The minimum Gasteiger partial charge on any atom is -0.396 e.